The van der Waals surface area contributed by atoms with Crippen LogP contribution in [0.4, 0.5) is 5.69 Å². The number of nitrogens with zero attached hydrogens (tertiary/aromatic N) is 2. The summed E-state index contributed by atoms with van der Waals surface area (Å²) in [6, 6.07) is 13.3. The van der Waals surface area contributed by atoms with Gasteiger partial charge in [0.15, 0.2) is 5.60 Å². The van der Waals surface area contributed by atoms with E-state index < -0.39 is 5.60 Å². The molecule has 4 nitrogen and oxygen atoms in total. The van der Waals surface area contributed by atoms with E-state index in [1.165, 1.54) is 5.56 Å². The third-order valence-electron chi connectivity index (χ3n) is 4.90. The van der Waals surface area contributed by atoms with Crippen molar-refractivity contribution in [3.05, 3.63) is 70.0 Å². The highest BCUT2D eigenvalue weighted by Crippen LogP contribution is 2.37. The van der Waals surface area contributed by atoms with Crippen molar-refractivity contribution in [3.63, 3.8) is 0 Å². The molecular weight excluding hydrogens is 360 g/mol. The summed E-state index contributed by atoms with van der Waals surface area (Å²) < 4.78 is 5.99. The van der Waals surface area contributed by atoms with Crippen LogP contribution in [0.3, 0.4) is 0 Å². The Hall–Kier alpha value is -2.51. The van der Waals surface area contributed by atoms with Gasteiger partial charge in [-0.15, -0.1) is 0 Å². The summed E-state index contributed by atoms with van der Waals surface area (Å²) in [7, 11) is 0. The average molecular weight is 383 g/mol. The molecule has 0 aliphatic carbocycles. The maximum atomic E-state index is 13.3. The topological polar surface area (TPSA) is 33.9 Å². The zero-order chi connectivity index (χ0) is 19.6. The predicted octanol–water partition coefficient (Wildman–Crippen LogP) is 5.72. The molecule has 1 fully saturated rings. The highest BCUT2D eigenvalue weighted by Gasteiger charge is 2.40. The number of carbonyl (C=O) groups is 1. The maximum Gasteiger partial charge on any atom is 0.266 e. The van der Waals surface area contributed by atoms with Gasteiger partial charge in [0.1, 0.15) is 5.75 Å². The van der Waals surface area contributed by atoms with E-state index in [-0.39, 0.29) is 11.9 Å². The van der Waals surface area contributed by atoms with E-state index in [4.69, 9.17) is 22.9 Å². The van der Waals surface area contributed by atoms with Gasteiger partial charge in [-0.2, -0.15) is 0 Å². The fourth-order valence-corrected chi connectivity index (χ4v) is 3.64. The minimum absolute atomic E-state index is 0.0616. The number of likely N-dealkylation sites (tertiary alicyclic amines) is 1. The molecule has 1 aliphatic heterocycles. The molecule has 27 heavy (non-hydrogen) atoms. The summed E-state index contributed by atoms with van der Waals surface area (Å²) in [5, 5.41) is 0.469. The Balaban J connectivity index is 1.83. The van der Waals surface area contributed by atoms with Crippen molar-refractivity contribution >= 4 is 23.2 Å². The van der Waals surface area contributed by atoms with E-state index in [0.29, 0.717) is 23.0 Å². The zero-order valence-corrected chi connectivity index (χ0v) is 16.6. The first-order valence-corrected chi connectivity index (χ1v) is 9.43. The molecule has 0 bridgehead atoms. The van der Waals surface area contributed by atoms with E-state index in [1.54, 1.807) is 32.0 Å². The molecule has 0 aromatic heterocycles. The normalized spacial score (nSPS) is 16.9. The van der Waals surface area contributed by atoms with Gasteiger partial charge in [0.25, 0.3) is 5.91 Å². The zero-order valence-electron chi connectivity index (χ0n) is 15.8. The van der Waals surface area contributed by atoms with Crippen LogP contribution in [-0.4, -0.2) is 23.0 Å². The van der Waals surface area contributed by atoms with Crippen molar-refractivity contribution in [1.29, 1.82) is 0 Å². The molecule has 2 aromatic rings. The molecule has 1 atom stereocenters. The smallest absolute Gasteiger partial charge is 0.266 e. The number of aryl methyl sites for hydroxylation is 1. The fraction of sp³-hybridized carbons (Fsp3) is 0.364. The van der Waals surface area contributed by atoms with Crippen molar-refractivity contribution in [3.8, 4) is 5.75 Å². The SMILES string of the molecule is [C-]#[N+]c1cc(Cl)ccc1OC(C)(C)C(=O)N1CCCC1c1ccc(C)cc1. The third kappa shape index (κ3) is 4.09. The second kappa shape index (κ2) is 7.62. The number of ether oxygens (including phenoxy) is 1. The molecule has 2 aromatic carbocycles. The quantitative estimate of drug-likeness (QED) is 0.633. The van der Waals surface area contributed by atoms with Crippen molar-refractivity contribution < 1.29 is 9.53 Å². The van der Waals surface area contributed by atoms with Gasteiger partial charge in [0, 0.05) is 11.6 Å². The molecule has 1 heterocycles. The van der Waals surface area contributed by atoms with Gasteiger partial charge >= 0.3 is 0 Å². The van der Waals surface area contributed by atoms with E-state index in [1.807, 2.05) is 4.90 Å². The molecule has 3 rings (SSSR count). The lowest BCUT2D eigenvalue weighted by atomic mass is 10.0. The van der Waals surface area contributed by atoms with Gasteiger partial charge < -0.3 is 9.64 Å². The molecule has 1 saturated heterocycles. The molecular formula is C22H23ClN2O2. The second-order valence-electron chi connectivity index (χ2n) is 7.40. The molecule has 0 saturated carbocycles. The molecule has 0 radical (unpaired) electrons. The first-order valence-electron chi connectivity index (χ1n) is 9.05. The molecule has 140 valence electrons. The summed E-state index contributed by atoms with van der Waals surface area (Å²) in [6.45, 7) is 13.6. The Bertz CT molecular complexity index is 884. The molecule has 1 aliphatic rings. The van der Waals surface area contributed by atoms with Crippen LogP contribution in [0.15, 0.2) is 42.5 Å². The molecule has 0 spiro atoms. The van der Waals surface area contributed by atoms with Crippen LogP contribution in [0.5, 0.6) is 5.75 Å². The van der Waals surface area contributed by atoms with Crippen LogP contribution >= 0.6 is 11.6 Å². The number of amides is 1. The third-order valence-corrected chi connectivity index (χ3v) is 5.13. The lowest BCUT2D eigenvalue weighted by Gasteiger charge is -2.34. The summed E-state index contributed by atoms with van der Waals surface area (Å²) in [6.07, 6.45) is 1.91. The van der Waals surface area contributed by atoms with Crippen molar-refractivity contribution in [2.75, 3.05) is 6.54 Å². The number of carbonyl (C=O) groups excluding carboxylic acids is 1. The van der Waals surface area contributed by atoms with Crippen LogP contribution < -0.4 is 4.74 Å². The highest BCUT2D eigenvalue weighted by atomic mass is 35.5. The number of hydrogen-bond donors (Lipinski definition) is 0. The van der Waals surface area contributed by atoms with Crippen molar-refractivity contribution in [1.82, 2.24) is 4.90 Å². The Morgan fingerprint density at radius 1 is 1.26 bits per heavy atom. The number of benzene rings is 2. The Kier molecular flexibility index (Phi) is 5.43. The van der Waals surface area contributed by atoms with E-state index in [2.05, 4.69) is 36.0 Å². The van der Waals surface area contributed by atoms with Crippen LogP contribution in [0.25, 0.3) is 4.85 Å². The number of rotatable bonds is 4. The summed E-state index contributed by atoms with van der Waals surface area (Å²) >= 11 is 5.96. The number of hydrogen-bond acceptors (Lipinski definition) is 2. The fourth-order valence-electron chi connectivity index (χ4n) is 3.47. The van der Waals surface area contributed by atoms with Gasteiger partial charge in [-0.25, -0.2) is 4.85 Å². The first-order chi connectivity index (χ1) is 12.8. The largest absolute Gasteiger partial charge is 0.489 e. The summed E-state index contributed by atoms with van der Waals surface area (Å²) in [4.78, 5) is 18.6. The molecule has 0 N–H and O–H groups in total. The van der Waals surface area contributed by atoms with Gasteiger partial charge in [-0.05, 0) is 57.4 Å². The predicted molar refractivity (Wildman–Crippen MR) is 107 cm³/mol. The van der Waals surface area contributed by atoms with Gasteiger partial charge in [-0.3, -0.25) is 4.79 Å². The molecule has 1 unspecified atom stereocenters. The lowest BCUT2D eigenvalue weighted by molar-refractivity contribution is -0.146. The van der Waals surface area contributed by atoms with Crippen LogP contribution in [0, 0.1) is 13.5 Å². The Morgan fingerprint density at radius 2 is 1.96 bits per heavy atom. The minimum atomic E-state index is -1.08. The van der Waals surface area contributed by atoms with Crippen molar-refractivity contribution in [2.45, 2.75) is 45.3 Å². The number of halogens is 1. The van der Waals surface area contributed by atoms with E-state index in [0.717, 1.165) is 18.4 Å². The van der Waals surface area contributed by atoms with Crippen LogP contribution in [0.1, 0.15) is 43.9 Å². The summed E-state index contributed by atoms with van der Waals surface area (Å²) in [5.74, 6) is 0.301. The van der Waals surface area contributed by atoms with Gasteiger partial charge in [0.2, 0.25) is 5.69 Å². The molecule has 5 heteroatoms. The minimum Gasteiger partial charge on any atom is -0.489 e. The second-order valence-corrected chi connectivity index (χ2v) is 7.84. The van der Waals surface area contributed by atoms with E-state index in [9.17, 15) is 4.79 Å². The Morgan fingerprint density at radius 3 is 2.63 bits per heavy atom. The highest BCUT2D eigenvalue weighted by molar-refractivity contribution is 6.30. The van der Waals surface area contributed by atoms with Crippen molar-refractivity contribution in [2.24, 2.45) is 0 Å². The Labute approximate surface area is 165 Å². The van der Waals surface area contributed by atoms with Gasteiger partial charge in [0.05, 0.1) is 12.6 Å². The molecule has 1 amide bonds. The van der Waals surface area contributed by atoms with Crippen LogP contribution in [-0.2, 0) is 4.79 Å². The lowest BCUT2D eigenvalue weighted by Crippen LogP contribution is -2.48. The van der Waals surface area contributed by atoms with E-state index >= 15 is 0 Å². The maximum absolute atomic E-state index is 13.3. The standard InChI is InChI=1S/C22H23ClN2O2/c1-15-7-9-16(10-8-15)19-6-5-13-25(19)21(26)22(2,3)27-20-12-11-17(23)14-18(20)24-4/h7-12,14,19H,5-6,13H2,1-3H3. The first kappa shape index (κ1) is 19.3. The summed E-state index contributed by atoms with van der Waals surface area (Å²) in [5.41, 5.74) is 1.57. The monoisotopic (exact) mass is 382 g/mol. The van der Waals surface area contributed by atoms with Gasteiger partial charge in [-0.1, -0.05) is 41.4 Å². The average Bonchev–Trinajstić information content (AvgIpc) is 3.12. The van der Waals surface area contributed by atoms with Crippen LogP contribution in [0.2, 0.25) is 5.02 Å².